The minimum atomic E-state index is -0.450. The molecular weight excluding hydrogens is 262 g/mol. The third kappa shape index (κ3) is 2.25. The van der Waals surface area contributed by atoms with Crippen molar-refractivity contribution in [2.45, 2.75) is 0 Å². The smallest absolute Gasteiger partial charge is 0.258 e. The Balaban J connectivity index is 2.06. The van der Waals surface area contributed by atoms with Gasteiger partial charge in [-0.1, -0.05) is 0 Å². The average molecular weight is 271 g/mol. The van der Waals surface area contributed by atoms with Crippen molar-refractivity contribution < 1.29 is 9.53 Å². The van der Waals surface area contributed by atoms with E-state index in [1.807, 2.05) is 0 Å². The fourth-order valence-electron chi connectivity index (χ4n) is 1.67. The van der Waals surface area contributed by atoms with Crippen LogP contribution in [0.1, 0.15) is 9.67 Å². The quantitative estimate of drug-likeness (QED) is 0.794. The average Bonchev–Trinajstić information content (AvgIpc) is 2.85. The Morgan fingerprint density at radius 1 is 1.26 bits per heavy atom. The van der Waals surface area contributed by atoms with Crippen LogP contribution >= 0.6 is 11.3 Å². The van der Waals surface area contributed by atoms with E-state index in [0.29, 0.717) is 16.4 Å². The van der Waals surface area contributed by atoms with Gasteiger partial charge in [-0.3, -0.25) is 14.8 Å². The van der Waals surface area contributed by atoms with Crippen molar-refractivity contribution in [3.05, 3.63) is 47.9 Å². The number of hydrogen-bond acceptors (Lipinski definition) is 5. The molecule has 0 radical (unpaired) electrons. The summed E-state index contributed by atoms with van der Waals surface area (Å²) in [6, 6.07) is 5.30. The topological polar surface area (TPSA) is 78.1 Å². The van der Waals surface area contributed by atoms with Crippen molar-refractivity contribution in [1.82, 2.24) is 9.97 Å². The first-order valence-electron chi connectivity index (χ1n) is 5.49. The molecule has 0 saturated carbocycles. The van der Waals surface area contributed by atoms with Gasteiger partial charge in [-0.2, -0.15) is 0 Å². The van der Waals surface area contributed by atoms with Gasteiger partial charge in [0.25, 0.3) is 5.91 Å². The number of primary amides is 1. The number of thiophene rings is 1. The molecule has 0 spiro atoms. The summed E-state index contributed by atoms with van der Waals surface area (Å²) in [6.45, 7) is 0. The van der Waals surface area contributed by atoms with Gasteiger partial charge in [0.1, 0.15) is 5.75 Å². The fraction of sp³-hybridized carbons (Fsp3) is 0. The van der Waals surface area contributed by atoms with Crippen molar-refractivity contribution in [3.8, 4) is 11.5 Å². The van der Waals surface area contributed by atoms with E-state index in [1.54, 1.807) is 43.0 Å². The Bertz CT molecular complexity index is 740. The first kappa shape index (κ1) is 11.6. The highest BCUT2D eigenvalue weighted by atomic mass is 32.1. The van der Waals surface area contributed by atoms with Crippen molar-refractivity contribution in [2.75, 3.05) is 0 Å². The summed E-state index contributed by atoms with van der Waals surface area (Å²) >= 11 is 1.30. The molecule has 2 N–H and O–H groups in total. The molecule has 3 aromatic heterocycles. The number of nitrogens with two attached hydrogens (primary N) is 1. The number of nitrogens with zero attached hydrogens (tertiary/aromatic N) is 2. The number of pyridine rings is 2. The Labute approximate surface area is 112 Å². The van der Waals surface area contributed by atoms with Gasteiger partial charge in [0.05, 0.1) is 22.0 Å². The molecule has 3 heterocycles. The molecule has 0 aliphatic carbocycles. The summed E-state index contributed by atoms with van der Waals surface area (Å²) in [5.41, 5.74) is 5.28. The van der Waals surface area contributed by atoms with E-state index in [9.17, 15) is 4.79 Å². The van der Waals surface area contributed by atoms with Gasteiger partial charge in [-0.25, -0.2) is 0 Å². The molecule has 0 saturated heterocycles. The van der Waals surface area contributed by atoms with Crippen molar-refractivity contribution in [1.29, 1.82) is 0 Å². The van der Waals surface area contributed by atoms with Crippen molar-refractivity contribution in [3.63, 3.8) is 0 Å². The van der Waals surface area contributed by atoms with Gasteiger partial charge in [-0.05, 0) is 18.2 Å². The lowest BCUT2D eigenvalue weighted by molar-refractivity contribution is 0.100. The lowest BCUT2D eigenvalue weighted by atomic mass is 10.3. The number of hydrogen-bond donors (Lipinski definition) is 1. The minimum absolute atomic E-state index is 0.450. The minimum Gasteiger partial charge on any atom is -0.453 e. The van der Waals surface area contributed by atoms with Gasteiger partial charge in [0.2, 0.25) is 0 Å². The highest BCUT2D eigenvalue weighted by Crippen LogP contribution is 2.33. The predicted octanol–water partition coefficient (Wildman–Crippen LogP) is 2.58. The van der Waals surface area contributed by atoms with Crippen LogP contribution in [0, 0.1) is 0 Å². The largest absolute Gasteiger partial charge is 0.453 e. The first-order chi connectivity index (χ1) is 9.24. The Kier molecular flexibility index (Phi) is 2.85. The van der Waals surface area contributed by atoms with Crippen LogP contribution < -0.4 is 10.5 Å². The normalized spacial score (nSPS) is 10.5. The Morgan fingerprint density at radius 2 is 2.16 bits per heavy atom. The second-order valence-corrected chi connectivity index (χ2v) is 4.90. The summed E-state index contributed by atoms with van der Waals surface area (Å²) in [5, 5.41) is 0.817. The summed E-state index contributed by atoms with van der Waals surface area (Å²) in [7, 11) is 0. The van der Waals surface area contributed by atoms with Gasteiger partial charge in [-0.15, -0.1) is 11.3 Å². The molecule has 0 fully saturated rings. The second-order valence-electron chi connectivity index (χ2n) is 3.82. The lowest BCUT2D eigenvalue weighted by Gasteiger charge is -2.05. The van der Waals surface area contributed by atoms with Crippen LogP contribution in [0.15, 0.2) is 43.0 Å². The summed E-state index contributed by atoms with van der Waals surface area (Å²) in [5.74, 6) is 0.742. The van der Waals surface area contributed by atoms with E-state index in [0.717, 1.165) is 10.1 Å². The number of carbonyl (C=O) groups is 1. The van der Waals surface area contributed by atoms with E-state index in [1.165, 1.54) is 11.3 Å². The summed E-state index contributed by atoms with van der Waals surface area (Å²) in [6.07, 6.45) is 6.57. The fourth-order valence-corrected chi connectivity index (χ4v) is 2.57. The summed E-state index contributed by atoms with van der Waals surface area (Å²) < 4.78 is 6.57. The van der Waals surface area contributed by atoms with E-state index >= 15 is 0 Å². The molecule has 1 amide bonds. The van der Waals surface area contributed by atoms with Crippen molar-refractivity contribution in [2.24, 2.45) is 5.73 Å². The van der Waals surface area contributed by atoms with Gasteiger partial charge >= 0.3 is 0 Å². The number of amides is 1. The molecule has 3 aromatic rings. The van der Waals surface area contributed by atoms with Crippen LogP contribution in [-0.4, -0.2) is 15.9 Å². The van der Waals surface area contributed by atoms with Crippen LogP contribution in [-0.2, 0) is 0 Å². The maximum atomic E-state index is 11.2. The lowest BCUT2D eigenvalue weighted by Crippen LogP contribution is -2.08. The maximum Gasteiger partial charge on any atom is 0.258 e. The number of carbonyl (C=O) groups excluding carboxylic acids is 1. The monoisotopic (exact) mass is 271 g/mol. The molecular formula is C13H9N3O2S. The molecule has 0 aliphatic rings. The number of rotatable bonds is 3. The van der Waals surface area contributed by atoms with Gasteiger partial charge in [0.15, 0.2) is 5.75 Å². The Hall–Kier alpha value is -2.47. The van der Waals surface area contributed by atoms with Crippen LogP contribution in [0.5, 0.6) is 11.5 Å². The highest BCUT2D eigenvalue weighted by Gasteiger charge is 2.11. The molecule has 6 heteroatoms. The maximum absolute atomic E-state index is 11.2. The molecule has 0 atom stereocenters. The highest BCUT2D eigenvalue weighted by molar-refractivity contribution is 7.20. The predicted molar refractivity (Wildman–Crippen MR) is 72.4 cm³/mol. The van der Waals surface area contributed by atoms with Gasteiger partial charge in [0, 0.05) is 17.8 Å². The zero-order valence-corrected chi connectivity index (χ0v) is 10.6. The molecule has 0 unspecified atom stereocenters. The Morgan fingerprint density at radius 3 is 2.89 bits per heavy atom. The third-order valence-electron chi connectivity index (χ3n) is 2.51. The summed E-state index contributed by atoms with van der Waals surface area (Å²) in [4.78, 5) is 19.8. The molecule has 0 aromatic carbocycles. The molecule has 5 nitrogen and oxygen atoms in total. The first-order valence-corrected chi connectivity index (χ1v) is 6.31. The zero-order chi connectivity index (χ0) is 13.2. The van der Waals surface area contributed by atoms with Crippen LogP contribution in [0.2, 0.25) is 0 Å². The van der Waals surface area contributed by atoms with Crippen LogP contribution in [0.3, 0.4) is 0 Å². The molecule has 19 heavy (non-hydrogen) atoms. The molecule has 0 bridgehead atoms. The second kappa shape index (κ2) is 4.66. The van der Waals surface area contributed by atoms with Crippen LogP contribution in [0.4, 0.5) is 0 Å². The number of aromatic nitrogens is 2. The van der Waals surface area contributed by atoms with E-state index in [4.69, 9.17) is 10.5 Å². The van der Waals surface area contributed by atoms with E-state index < -0.39 is 5.91 Å². The molecule has 94 valence electrons. The van der Waals surface area contributed by atoms with Crippen molar-refractivity contribution >= 4 is 27.3 Å². The third-order valence-corrected chi connectivity index (χ3v) is 3.60. The van der Waals surface area contributed by atoms with Crippen LogP contribution in [0.25, 0.3) is 10.1 Å². The standard InChI is InChI=1S/C13H9N3O2S/c14-13(17)11-4-9-10(6-16-7-12(9)19-11)18-8-2-1-3-15-5-8/h1-7H,(H2,14,17). The van der Waals surface area contributed by atoms with E-state index in [2.05, 4.69) is 9.97 Å². The SMILES string of the molecule is NC(=O)c1cc2c(Oc3cccnc3)cncc2s1. The number of fused-ring (bicyclic) bond motifs is 1. The van der Waals surface area contributed by atoms with E-state index in [-0.39, 0.29) is 0 Å². The molecule has 3 rings (SSSR count). The van der Waals surface area contributed by atoms with Gasteiger partial charge < -0.3 is 10.5 Å². The zero-order valence-electron chi connectivity index (χ0n) is 9.74. The number of ether oxygens (including phenoxy) is 1. The molecule has 0 aliphatic heterocycles.